The van der Waals surface area contributed by atoms with Gasteiger partial charge in [0.25, 0.3) is 5.56 Å². The van der Waals surface area contributed by atoms with Crippen LogP contribution in [0, 0.1) is 11.3 Å². The molecule has 0 amide bonds. The largest absolute Gasteiger partial charge is 0.394 e. The van der Waals surface area contributed by atoms with Gasteiger partial charge in [-0.05, 0) is 48.8 Å². The van der Waals surface area contributed by atoms with E-state index in [0.29, 0.717) is 36.4 Å². The van der Waals surface area contributed by atoms with Crippen LogP contribution in [0.15, 0.2) is 59.7 Å². The highest BCUT2D eigenvalue weighted by molar-refractivity contribution is 5.72. The summed E-state index contributed by atoms with van der Waals surface area (Å²) in [6.45, 7) is 2.43. The van der Waals surface area contributed by atoms with Crippen LogP contribution in [0.4, 0.5) is 0 Å². The summed E-state index contributed by atoms with van der Waals surface area (Å²) in [6.07, 6.45) is 6.73. The predicted molar refractivity (Wildman–Crippen MR) is 145 cm³/mol. The van der Waals surface area contributed by atoms with Crippen LogP contribution in [0.25, 0.3) is 16.9 Å². The number of aliphatic hydroxyl groups is 1. The molecule has 8 nitrogen and oxygen atoms in total. The molecular formula is C30H33N5O3. The van der Waals surface area contributed by atoms with E-state index in [-0.39, 0.29) is 24.3 Å². The van der Waals surface area contributed by atoms with Crippen molar-refractivity contribution in [3.05, 3.63) is 87.6 Å². The Labute approximate surface area is 222 Å². The van der Waals surface area contributed by atoms with Crippen molar-refractivity contribution in [3.8, 4) is 17.2 Å². The van der Waals surface area contributed by atoms with Gasteiger partial charge in [-0.15, -0.1) is 0 Å². The number of nitriles is 1. The Hall–Kier alpha value is -3.80. The van der Waals surface area contributed by atoms with Crippen molar-refractivity contribution >= 4 is 5.78 Å². The number of ether oxygens (including phenoxy) is 1. The Morgan fingerprint density at radius 2 is 1.89 bits per heavy atom. The van der Waals surface area contributed by atoms with Crippen molar-refractivity contribution < 1.29 is 9.84 Å². The van der Waals surface area contributed by atoms with E-state index in [0.717, 1.165) is 54.5 Å². The van der Waals surface area contributed by atoms with Gasteiger partial charge < -0.3 is 9.84 Å². The lowest BCUT2D eigenvalue weighted by atomic mass is 9.91. The van der Waals surface area contributed by atoms with Crippen LogP contribution in [0.5, 0.6) is 0 Å². The molecule has 4 aromatic rings. The number of aliphatic hydroxyl groups excluding tert-OH is 1. The monoisotopic (exact) mass is 511 g/mol. The first kappa shape index (κ1) is 25.8. The maximum atomic E-state index is 14.2. The summed E-state index contributed by atoms with van der Waals surface area (Å²) in [5, 5.41) is 23.8. The standard InChI is InChI=1S/C30H33N5O3/c1-2-7-28-26(18-22-10-6-11-25(27(22)19-31)21-8-4-3-5-9-21)29(37)34(30-32-20-33-35(28)30)23-12-14-24(15-13-23)38-17-16-36/h3-6,8-11,20,23-24,36H,2,7,12-18H2,1H3. The van der Waals surface area contributed by atoms with E-state index in [1.54, 1.807) is 0 Å². The first-order valence-corrected chi connectivity index (χ1v) is 13.4. The van der Waals surface area contributed by atoms with Crippen LogP contribution in [-0.4, -0.2) is 43.6 Å². The van der Waals surface area contributed by atoms with Gasteiger partial charge in [-0.1, -0.05) is 61.9 Å². The van der Waals surface area contributed by atoms with Crippen LogP contribution >= 0.6 is 0 Å². The van der Waals surface area contributed by atoms with Crippen molar-refractivity contribution in [1.29, 1.82) is 5.26 Å². The lowest BCUT2D eigenvalue weighted by Gasteiger charge is -2.30. The number of hydrogen-bond donors (Lipinski definition) is 1. The lowest BCUT2D eigenvalue weighted by Crippen LogP contribution is -2.35. The zero-order chi connectivity index (χ0) is 26.5. The van der Waals surface area contributed by atoms with Crippen LogP contribution in [0.3, 0.4) is 0 Å². The average Bonchev–Trinajstić information content (AvgIpc) is 3.44. The molecule has 0 bridgehead atoms. The second kappa shape index (κ2) is 11.7. The number of rotatable bonds is 9. The molecule has 1 aliphatic rings. The Morgan fingerprint density at radius 3 is 2.61 bits per heavy atom. The quantitative estimate of drug-likeness (QED) is 0.356. The topological polar surface area (TPSA) is 105 Å². The van der Waals surface area contributed by atoms with Gasteiger partial charge in [0.1, 0.15) is 12.4 Å². The molecule has 1 aliphatic carbocycles. The summed E-state index contributed by atoms with van der Waals surface area (Å²) in [4.78, 5) is 18.7. The summed E-state index contributed by atoms with van der Waals surface area (Å²) >= 11 is 0. The normalized spacial score (nSPS) is 17.5. The summed E-state index contributed by atoms with van der Waals surface area (Å²) in [5.41, 5.74) is 4.74. The van der Waals surface area contributed by atoms with Gasteiger partial charge in [0.05, 0.1) is 30.6 Å². The van der Waals surface area contributed by atoms with Crippen LogP contribution < -0.4 is 5.56 Å². The molecule has 196 valence electrons. The van der Waals surface area contributed by atoms with Gasteiger partial charge in [-0.2, -0.15) is 15.3 Å². The van der Waals surface area contributed by atoms with Crippen molar-refractivity contribution in [1.82, 2.24) is 19.2 Å². The zero-order valence-corrected chi connectivity index (χ0v) is 21.7. The highest BCUT2D eigenvalue weighted by Gasteiger charge is 2.28. The van der Waals surface area contributed by atoms with Crippen molar-refractivity contribution in [2.24, 2.45) is 0 Å². The number of benzene rings is 2. The number of aryl methyl sites for hydroxylation is 1. The summed E-state index contributed by atoms with van der Waals surface area (Å²) in [7, 11) is 0. The molecule has 2 heterocycles. The first-order chi connectivity index (χ1) is 18.7. The van der Waals surface area contributed by atoms with E-state index in [1.807, 2.05) is 57.6 Å². The molecule has 1 fully saturated rings. The fourth-order valence-corrected chi connectivity index (χ4v) is 5.70. The second-order valence-corrected chi connectivity index (χ2v) is 9.84. The summed E-state index contributed by atoms with van der Waals surface area (Å²) in [6, 6.07) is 18.1. The van der Waals surface area contributed by atoms with Crippen LogP contribution in [0.2, 0.25) is 0 Å². The fourth-order valence-electron chi connectivity index (χ4n) is 5.70. The third-order valence-corrected chi connectivity index (χ3v) is 7.48. The highest BCUT2D eigenvalue weighted by Crippen LogP contribution is 2.32. The molecule has 1 N–H and O–H groups in total. The minimum Gasteiger partial charge on any atom is -0.394 e. The van der Waals surface area contributed by atoms with Crippen LogP contribution in [0.1, 0.15) is 67.5 Å². The molecule has 0 atom stereocenters. The van der Waals surface area contributed by atoms with Gasteiger partial charge >= 0.3 is 0 Å². The van der Waals surface area contributed by atoms with Gasteiger partial charge in [-0.25, -0.2) is 4.52 Å². The third kappa shape index (κ3) is 5.00. The third-order valence-electron chi connectivity index (χ3n) is 7.48. The molecule has 2 aromatic heterocycles. The van der Waals surface area contributed by atoms with Crippen molar-refractivity contribution in [3.63, 3.8) is 0 Å². The smallest absolute Gasteiger partial charge is 0.259 e. The molecule has 0 saturated heterocycles. The molecule has 1 saturated carbocycles. The fraction of sp³-hybridized carbons (Fsp3) is 0.400. The molecule has 0 unspecified atom stereocenters. The van der Waals surface area contributed by atoms with Gasteiger partial charge in [0, 0.05) is 18.0 Å². The Kier molecular flexibility index (Phi) is 7.97. The molecule has 5 rings (SSSR count). The number of fused-ring (bicyclic) bond motifs is 1. The van der Waals surface area contributed by atoms with E-state index in [1.165, 1.54) is 6.33 Å². The first-order valence-electron chi connectivity index (χ1n) is 13.4. The maximum Gasteiger partial charge on any atom is 0.259 e. The SMILES string of the molecule is CCCc1c(Cc2cccc(-c3ccccc3)c2C#N)c(=O)n(C2CCC(OCCO)CC2)c2ncnn12. The molecule has 0 aliphatic heterocycles. The summed E-state index contributed by atoms with van der Waals surface area (Å²) in [5.74, 6) is 0.570. The predicted octanol–water partition coefficient (Wildman–Crippen LogP) is 4.47. The minimum atomic E-state index is -0.0531. The Balaban J connectivity index is 1.59. The molecule has 38 heavy (non-hydrogen) atoms. The number of aromatic nitrogens is 4. The van der Waals surface area contributed by atoms with E-state index in [2.05, 4.69) is 23.1 Å². The van der Waals surface area contributed by atoms with Crippen molar-refractivity contribution in [2.75, 3.05) is 13.2 Å². The highest BCUT2D eigenvalue weighted by atomic mass is 16.5. The van der Waals surface area contributed by atoms with E-state index >= 15 is 0 Å². The van der Waals surface area contributed by atoms with E-state index in [9.17, 15) is 10.1 Å². The Bertz CT molecular complexity index is 1490. The lowest BCUT2D eigenvalue weighted by molar-refractivity contribution is 0.00158. The number of hydrogen-bond acceptors (Lipinski definition) is 6. The molecular weight excluding hydrogens is 478 g/mol. The zero-order valence-electron chi connectivity index (χ0n) is 21.7. The van der Waals surface area contributed by atoms with Gasteiger partial charge in [0.2, 0.25) is 5.78 Å². The number of nitrogens with zero attached hydrogens (tertiary/aromatic N) is 5. The maximum absolute atomic E-state index is 14.2. The van der Waals surface area contributed by atoms with Crippen molar-refractivity contribution in [2.45, 2.75) is 64.0 Å². The van der Waals surface area contributed by atoms with Crippen LogP contribution in [-0.2, 0) is 17.6 Å². The Morgan fingerprint density at radius 1 is 1.11 bits per heavy atom. The second-order valence-electron chi connectivity index (χ2n) is 9.84. The van der Waals surface area contributed by atoms with Gasteiger partial charge in [-0.3, -0.25) is 9.36 Å². The molecule has 2 aromatic carbocycles. The molecule has 0 spiro atoms. The summed E-state index contributed by atoms with van der Waals surface area (Å²) < 4.78 is 9.38. The molecule has 0 radical (unpaired) electrons. The average molecular weight is 512 g/mol. The van der Waals surface area contributed by atoms with Gasteiger partial charge in [0.15, 0.2) is 0 Å². The molecule has 8 heteroatoms. The van der Waals surface area contributed by atoms with E-state index < -0.39 is 0 Å². The van der Waals surface area contributed by atoms with E-state index in [4.69, 9.17) is 9.84 Å². The minimum absolute atomic E-state index is 0.0105.